The number of β-amino-alcohol motifs (C(OH)–C–C–N with tert-alkyl or cyclic N) is 1. The molecule has 1 fully saturated rings. The summed E-state index contributed by atoms with van der Waals surface area (Å²) < 4.78 is 3.46. The molecule has 33 heavy (non-hydrogen) atoms. The number of imidazole rings is 1. The number of aliphatic hydroxyl groups is 1. The number of nitrogens with one attached hydrogen (secondary N) is 2. The molecule has 168 valence electrons. The first kappa shape index (κ1) is 21.2. The highest BCUT2D eigenvalue weighted by Crippen LogP contribution is 2.37. The number of carbonyl (C=O) groups excluding carboxylic acids is 2. The number of halogens is 1. The first-order valence-electron chi connectivity index (χ1n) is 10.4. The van der Waals surface area contributed by atoms with Crippen molar-refractivity contribution in [3.8, 4) is 22.4 Å². The van der Waals surface area contributed by atoms with Gasteiger partial charge in [-0.05, 0) is 24.6 Å². The molecule has 1 aliphatic heterocycles. The number of hydrogen-bond donors (Lipinski definition) is 3. The summed E-state index contributed by atoms with van der Waals surface area (Å²) in [5.74, 6) is -0.893. The van der Waals surface area contributed by atoms with Crippen LogP contribution in [0.5, 0.6) is 0 Å². The second kappa shape index (κ2) is 8.02. The van der Waals surface area contributed by atoms with Crippen molar-refractivity contribution in [2.45, 2.75) is 19.1 Å². The van der Waals surface area contributed by atoms with Crippen molar-refractivity contribution >= 4 is 29.1 Å². The van der Waals surface area contributed by atoms with Gasteiger partial charge in [-0.25, -0.2) is 4.98 Å². The van der Waals surface area contributed by atoms with Crippen LogP contribution in [0.2, 0.25) is 5.15 Å². The predicted molar refractivity (Wildman–Crippen MR) is 123 cm³/mol. The minimum Gasteiger partial charge on any atom is -0.389 e. The van der Waals surface area contributed by atoms with E-state index in [2.05, 4.69) is 15.7 Å². The number of pyridine rings is 1. The molecule has 0 aliphatic carbocycles. The molecule has 0 unspecified atom stereocenters. The van der Waals surface area contributed by atoms with Crippen LogP contribution in [0.4, 0.5) is 0 Å². The molecule has 4 heterocycles. The molecule has 0 spiro atoms. The second-order valence-electron chi connectivity index (χ2n) is 8.01. The van der Waals surface area contributed by atoms with E-state index in [1.807, 2.05) is 44.4 Å². The Bertz CT molecular complexity index is 1410. The molecule has 5 rings (SSSR count). The molecule has 4 aromatic rings. The lowest BCUT2D eigenvalue weighted by atomic mass is 9.99. The van der Waals surface area contributed by atoms with E-state index < -0.39 is 24.0 Å². The third kappa shape index (κ3) is 3.65. The summed E-state index contributed by atoms with van der Waals surface area (Å²) in [5, 5.41) is 19.8. The Balaban J connectivity index is 1.53. The zero-order valence-electron chi connectivity index (χ0n) is 17.9. The smallest absolute Gasteiger partial charge is 0.252 e. The van der Waals surface area contributed by atoms with Gasteiger partial charge in [-0.3, -0.25) is 18.7 Å². The van der Waals surface area contributed by atoms with Gasteiger partial charge in [0.05, 0.1) is 5.69 Å². The van der Waals surface area contributed by atoms with Gasteiger partial charge in [0, 0.05) is 42.7 Å². The number of rotatable bonds is 4. The maximum atomic E-state index is 12.7. The van der Waals surface area contributed by atoms with Gasteiger partial charge in [-0.15, -0.1) is 0 Å². The SMILES string of the molecule is Cc1nn(C)cc1-c1ccccc1-c1nc2cc(C(=O)N[C@@H]3C(=O)NC[C@H]3O)ccn2c1Cl. The number of carbonyl (C=O) groups is 2. The standard InChI is InChI=1S/C23H21ClN6O3/c1-12-16(11-29(2)28-12)14-5-3-4-6-15(14)19-21(24)30-8-7-13(9-18(30)26-19)22(32)27-20-17(31)10-25-23(20)33/h3-9,11,17,20,31H,10H2,1-2H3,(H,25,33)(H,27,32)/t17-,20+/m1/s1. The third-order valence-electron chi connectivity index (χ3n) is 5.76. The van der Waals surface area contributed by atoms with Crippen molar-refractivity contribution in [3.63, 3.8) is 0 Å². The van der Waals surface area contributed by atoms with Gasteiger partial charge in [0.1, 0.15) is 28.6 Å². The van der Waals surface area contributed by atoms with E-state index in [4.69, 9.17) is 16.6 Å². The molecule has 2 atom stereocenters. The number of hydrogen-bond acceptors (Lipinski definition) is 5. The van der Waals surface area contributed by atoms with Crippen molar-refractivity contribution < 1.29 is 14.7 Å². The van der Waals surface area contributed by atoms with Gasteiger partial charge in [-0.2, -0.15) is 5.10 Å². The Morgan fingerprint density at radius 1 is 1.24 bits per heavy atom. The topological polar surface area (TPSA) is 114 Å². The minimum atomic E-state index is -0.984. The fourth-order valence-electron chi connectivity index (χ4n) is 4.11. The average molecular weight is 465 g/mol. The minimum absolute atomic E-state index is 0.109. The Morgan fingerprint density at radius 2 is 2.00 bits per heavy atom. The van der Waals surface area contributed by atoms with Gasteiger partial charge in [-0.1, -0.05) is 35.9 Å². The molecule has 0 bridgehead atoms. The molecule has 1 aliphatic rings. The van der Waals surface area contributed by atoms with E-state index >= 15 is 0 Å². The molecule has 10 heteroatoms. The molecule has 3 aromatic heterocycles. The zero-order chi connectivity index (χ0) is 23.3. The van der Waals surface area contributed by atoms with E-state index in [1.165, 1.54) is 0 Å². The zero-order valence-corrected chi connectivity index (χ0v) is 18.7. The quantitative estimate of drug-likeness (QED) is 0.427. The second-order valence-corrected chi connectivity index (χ2v) is 8.36. The summed E-state index contributed by atoms with van der Waals surface area (Å²) in [6.45, 7) is 2.06. The largest absolute Gasteiger partial charge is 0.389 e. The Labute approximate surface area is 194 Å². The molecule has 9 nitrogen and oxygen atoms in total. The van der Waals surface area contributed by atoms with Crippen molar-refractivity contribution in [2.75, 3.05) is 6.54 Å². The van der Waals surface area contributed by atoms with Crippen LogP contribution in [0.3, 0.4) is 0 Å². The van der Waals surface area contributed by atoms with E-state index in [9.17, 15) is 14.7 Å². The van der Waals surface area contributed by atoms with Crippen molar-refractivity contribution in [1.82, 2.24) is 29.8 Å². The lowest BCUT2D eigenvalue weighted by Gasteiger charge is -2.13. The maximum Gasteiger partial charge on any atom is 0.252 e. The van der Waals surface area contributed by atoms with Crippen LogP contribution in [0, 0.1) is 6.92 Å². The Morgan fingerprint density at radius 3 is 2.67 bits per heavy atom. The summed E-state index contributed by atoms with van der Waals surface area (Å²) in [5.41, 5.74) is 5.04. The number of amides is 2. The fourth-order valence-corrected chi connectivity index (χ4v) is 4.40. The molecule has 1 aromatic carbocycles. The first-order valence-corrected chi connectivity index (χ1v) is 10.8. The normalized spacial score (nSPS) is 18.0. The molecular formula is C23H21ClN6O3. The summed E-state index contributed by atoms with van der Waals surface area (Å²) in [6, 6.07) is 10.0. The Hall–Kier alpha value is -3.69. The highest BCUT2D eigenvalue weighted by molar-refractivity contribution is 6.32. The van der Waals surface area contributed by atoms with Crippen LogP contribution in [0.1, 0.15) is 16.1 Å². The van der Waals surface area contributed by atoms with E-state index in [1.54, 1.807) is 27.4 Å². The summed E-state index contributed by atoms with van der Waals surface area (Å²) in [6.07, 6.45) is 2.64. The molecule has 0 saturated carbocycles. The number of aromatic nitrogens is 4. The summed E-state index contributed by atoms with van der Waals surface area (Å²) in [4.78, 5) is 29.2. The van der Waals surface area contributed by atoms with Crippen LogP contribution in [-0.2, 0) is 11.8 Å². The highest BCUT2D eigenvalue weighted by Gasteiger charge is 2.34. The lowest BCUT2D eigenvalue weighted by molar-refractivity contribution is -0.121. The van der Waals surface area contributed by atoms with Gasteiger partial charge in [0.25, 0.3) is 5.91 Å². The molecular weight excluding hydrogens is 444 g/mol. The van der Waals surface area contributed by atoms with Crippen LogP contribution < -0.4 is 10.6 Å². The highest BCUT2D eigenvalue weighted by atomic mass is 35.5. The van der Waals surface area contributed by atoms with Crippen molar-refractivity contribution in [3.05, 3.63) is 65.2 Å². The molecule has 3 N–H and O–H groups in total. The van der Waals surface area contributed by atoms with E-state index in [0.29, 0.717) is 22.1 Å². The summed E-state index contributed by atoms with van der Waals surface area (Å²) >= 11 is 6.70. The van der Waals surface area contributed by atoms with Crippen molar-refractivity contribution in [1.29, 1.82) is 0 Å². The lowest BCUT2D eigenvalue weighted by Crippen LogP contribution is -2.45. The van der Waals surface area contributed by atoms with Crippen LogP contribution >= 0.6 is 11.6 Å². The van der Waals surface area contributed by atoms with Crippen molar-refractivity contribution in [2.24, 2.45) is 7.05 Å². The summed E-state index contributed by atoms with van der Waals surface area (Å²) in [7, 11) is 1.87. The third-order valence-corrected chi connectivity index (χ3v) is 6.12. The predicted octanol–water partition coefficient (Wildman–Crippen LogP) is 1.95. The molecule has 0 radical (unpaired) electrons. The van der Waals surface area contributed by atoms with Gasteiger partial charge >= 0.3 is 0 Å². The maximum absolute atomic E-state index is 12.7. The van der Waals surface area contributed by atoms with Crippen LogP contribution in [0.25, 0.3) is 28.0 Å². The van der Waals surface area contributed by atoms with Crippen LogP contribution in [0.15, 0.2) is 48.8 Å². The first-order chi connectivity index (χ1) is 15.8. The Kier molecular flexibility index (Phi) is 5.15. The van der Waals surface area contributed by atoms with E-state index in [-0.39, 0.29) is 6.54 Å². The van der Waals surface area contributed by atoms with E-state index in [0.717, 1.165) is 22.4 Å². The number of benzene rings is 1. The monoisotopic (exact) mass is 464 g/mol. The number of nitrogens with zero attached hydrogens (tertiary/aromatic N) is 4. The van der Waals surface area contributed by atoms with Gasteiger partial charge in [0.2, 0.25) is 5.91 Å². The fraction of sp³-hybridized carbons (Fsp3) is 0.217. The van der Waals surface area contributed by atoms with Gasteiger partial charge in [0.15, 0.2) is 0 Å². The molecule has 1 saturated heterocycles. The van der Waals surface area contributed by atoms with Crippen LogP contribution in [-0.4, -0.2) is 54.8 Å². The number of fused-ring (bicyclic) bond motifs is 1. The molecule has 2 amide bonds. The number of aryl methyl sites for hydroxylation is 2. The number of aliphatic hydroxyl groups excluding tert-OH is 1. The van der Waals surface area contributed by atoms with Gasteiger partial charge < -0.3 is 15.7 Å². The average Bonchev–Trinajstić information content (AvgIpc) is 3.43.